The van der Waals surface area contributed by atoms with Crippen molar-refractivity contribution in [2.45, 2.75) is 39.3 Å². The van der Waals surface area contributed by atoms with Crippen molar-refractivity contribution >= 4 is 17.1 Å². The number of nitrogens with one attached hydrogen (secondary N) is 1. The summed E-state index contributed by atoms with van der Waals surface area (Å²) in [6.45, 7) is 4.53. The van der Waals surface area contributed by atoms with Gasteiger partial charge < -0.3 is 14.8 Å². The van der Waals surface area contributed by atoms with E-state index in [1.807, 2.05) is 35.0 Å². The molecule has 7 heteroatoms. The van der Waals surface area contributed by atoms with E-state index in [0.717, 1.165) is 24.3 Å². The third-order valence-electron chi connectivity index (χ3n) is 4.77. The minimum absolute atomic E-state index is 0.107. The molecule has 4 rings (SSSR count). The van der Waals surface area contributed by atoms with Crippen LogP contribution in [-0.4, -0.2) is 20.6 Å². The van der Waals surface area contributed by atoms with Crippen LogP contribution in [0.1, 0.15) is 42.8 Å². The van der Waals surface area contributed by atoms with E-state index in [0.29, 0.717) is 23.6 Å². The molecule has 0 radical (unpaired) electrons. The summed E-state index contributed by atoms with van der Waals surface area (Å²) in [5.41, 5.74) is 2.58. The van der Waals surface area contributed by atoms with Gasteiger partial charge in [-0.3, -0.25) is 9.67 Å². The lowest BCUT2D eigenvalue weighted by atomic mass is 10.0. The fraction of sp³-hybridized carbons (Fsp3) is 0.286. The summed E-state index contributed by atoms with van der Waals surface area (Å²) in [6, 6.07) is 10.9. The minimum atomic E-state index is -0.587. The van der Waals surface area contributed by atoms with Gasteiger partial charge >= 0.3 is 5.63 Å². The zero-order valence-electron chi connectivity index (χ0n) is 15.8. The summed E-state index contributed by atoms with van der Waals surface area (Å²) in [5, 5.41) is 18.4. The summed E-state index contributed by atoms with van der Waals surface area (Å²) in [4.78, 5) is 17.2. The molecule has 0 saturated carbocycles. The summed E-state index contributed by atoms with van der Waals surface area (Å²) < 4.78 is 7.18. The van der Waals surface area contributed by atoms with Gasteiger partial charge in [0.1, 0.15) is 17.1 Å². The van der Waals surface area contributed by atoms with Gasteiger partial charge in [0.05, 0.1) is 28.8 Å². The molecule has 0 fully saturated rings. The van der Waals surface area contributed by atoms with Crippen LogP contribution in [0.5, 0.6) is 5.75 Å². The Morgan fingerprint density at radius 3 is 2.93 bits per heavy atom. The number of aryl methyl sites for hydroxylation is 2. The number of rotatable bonds is 4. The van der Waals surface area contributed by atoms with Crippen molar-refractivity contribution in [2.24, 2.45) is 4.99 Å². The second-order valence-electron chi connectivity index (χ2n) is 6.86. The van der Waals surface area contributed by atoms with Gasteiger partial charge in [-0.1, -0.05) is 19.1 Å². The van der Waals surface area contributed by atoms with Gasteiger partial charge in [0, 0.05) is 25.2 Å². The molecule has 0 spiro atoms. The summed E-state index contributed by atoms with van der Waals surface area (Å²) >= 11 is 0. The third kappa shape index (κ3) is 3.31. The number of aliphatic imine (C=N–C) groups is 1. The number of nitrogens with zero attached hydrogens (tertiary/aromatic N) is 3. The Morgan fingerprint density at radius 2 is 2.14 bits per heavy atom. The molecular formula is C21H22N4O3. The standard InChI is InChI=1S/C21H22N4O3/c1-3-10-25-18(8-9-22-25)16-12-17(20-19(26)11-13(2)28-21(20)27)24-15-7-5-4-6-14(15)23-16/h4-9,11,16,23,26H,3,10,12H2,1-2H3/t16-/m0/s1. The fourth-order valence-electron chi connectivity index (χ4n) is 3.55. The van der Waals surface area contributed by atoms with Crippen LogP contribution in [0.2, 0.25) is 0 Å². The van der Waals surface area contributed by atoms with Crippen LogP contribution in [0.4, 0.5) is 11.4 Å². The number of aromatic hydroxyl groups is 1. The zero-order valence-corrected chi connectivity index (χ0v) is 15.8. The maximum atomic E-state index is 12.5. The van der Waals surface area contributed by atoms with Crippen LogP contribution in [0.3, 0.4) is 0 Å². The molecule has 0 saturated heterocycles. The van der Waals surface area contributed by atoms with Crippen LogP contribution in [0, 0.1) is 6.92 Å². The Balaban J connectivity index is 1.85. The predicted octanol–water partition coefficient (Wildman–Crippen LogP) is 3.94. The average molecular weight is 378 g/mol. The van der Waals surface area contributed by atoms with Gasteiger partial charge in [-0.2, -0.15) is 5.10 Å². The van der Waals surface area contributed by atoms with Crippen molar-refractivity contribution in [3.05, 3.63) is 70.0 Å². The number of anilines is 1. The minimum Gasteiger partial charge on any atom is -0.507 e. The number of benzene rings is 1. The lowest BCUT2D eigenvalue weighted by Crippen LogP contribution is -2.22. The zero-order chi connectivity index (χ0) is 19.7. The van der Waals surface area contributed by atoms with E-state index in [1.54, 1.807) is 13.1 Å². The first-order valence-electron chi connectivity index (χ1n) is 9.35. The Hall–Kier alpha value is -3.35. The highest BCUT2D eigenvalue weighted by atomic mass is 16.4. The van der Waals surface area contributed by atoms with Gasteiger partial charge in [0.2, 0.25) is 0 Å². The SMILES string of the molecule is CCCn1nccc1[C@@H]1CC(c2c(O)cc(C)oc2=O)=Nc2ccccc2N1. The van der Waals surface area contributed by atoms with E-state index >= 15 is 0 Å². The van der Waals surface area contributed by atoms with Gasteiger partial charge in [-0.25, -0.2) is 4.79 Å². The molecule has 2 aromatic heterocycles. The predicted molar refractivity (Wildman–Crippen MR) is 108 cm³/mol. The molecule has 3 aromatic rings. The molecule has 2 N–H and O–H groups in total. The highest BCUT2D eigenvalue weighted by Gasteiger charge is 2.27. The Bertz CT molecular complexity index is 1100. The number of para-hydroxylation sites is 2. The van der Waals surface area contributed by atoms with Crippen molar-refractivity contribution in [3.8, 4) is 5.75 Å². The molecule has 1 atom stereocenters. The summed E-state index contributed by atoms with van der Waals surface area (Å²) in [5.74, 6) is 0.240. The molecule has 0 bridgehead atoms. The normalized spacial score (nSPS) is 16.1. The molecule has 1 aromatic carbocycles. The van der Waals surface area contributed by atoms with Crippen LogP contribution in [-0.2, 0) is 6.54 Å². The van der Waals surface area contributed by atoms with Gasteiger partial charge in [0.25, 0.3) is 0 Å². The molecule has 7 nitrogen and oxygen atoms in total. The van der Waals surface area contributed by atoms with Crippen molar-refractivity contribution < 1.29 is 9.52 Å². The van der Waals surface area contributed by atoms with Crippen LogP contribution in [0.25, 0.3) is 0 Å². The highest BCUT2D eigenvalue weighted by Crippen LogP contribution is 2.36. The lowest BCUT2D eigenvalue weighted by molar-refractivity contribution is 0.432. The van der Waals surface area contributed by atoms with E-state index in [4.69, 9.17) is 9.41 Å². The van der Waals surface area contributed by atoms with Gasteiger partial charge in [0.15, 0.2) is 0 Å². The first kappa shape index (κ1) is 18.0. The molecule has 1 aliphatic heterocycles. The quantitative estimate of drug-likeness (QED) is 0.717. The molecule has 1 aliphatic rings. The van der Waals surface area contributed by atoms with Gasteiger partial charge in [-0.15, -0.1) is 0 Å². The highest BCUT2D eigenvalue weighted by molar-refractivity contribution is 6.05. The number of hydrogen-bond acceptors (Lipinski definition) is 6. The van der Waals surface area contributed by atoms with Crippen molar-refractivity contribution in [2.75, 3.05) is 5.32 Å². The first-order valence-corrected chi connectivity index (χ1v) is 9.35. The van der Waals surface area contributed by atoms with E-state index in [-0.39, 0.29) is 17.4 Å². The van der Waals surface area contributed by atoms with Crippen LogP contribution >= 0.6 is 0 Å². The summed E-state index contributed by atoms with van der Waals surface area (Å²) in [6.07, 6.45) is 3.14. The maximum absolute atomic E-state index is 12.5. The molecule has 0 amide bonds. The summed E-state index contributed by atoms with van der Waals surface area (Å²) in [7, 11) is 0. The Morgan fingerprint density at radius 1 is 1.32 bits per heavy atom. The fourth-order valence-corrected chi connectivity index (χ4v) is 3.55. The van der Waals surface area contributed by atoms with Gasteiger partial charge in [-0.05, 0) is 31.5 Å². The molecular weight excluding hydrogens is 356 g/mol. The Kier molecular flexibility index (Phi) is 4.73. The second kappa shape index (κ2) is 7.34. The van der Waals surface area contributed by atoms with Crippen molar-refractivity contribution in [1.29, 1.82) is 0 Å². The van der Waals surface area contributed by atoms with Crippen molar-refractivity contribution in [1.82, 2.24) is 9.78 Å². The number of fused-ring (bicyclic) bond motifs is 1. The maximum Gasteiger partial charge on any atom is 0.348 e. The van der Waals surface area contributed by atoms with E-state index < -0.39 is 5.63 Å². The van der Waals surface area contributed by atoms with Crippen LogP contribution < -0.4 is 10.9 Å². The number of hydrogen-bond donors (Lipinski definition) is 2. The molecule has 144 valence electrons. The molecule has 0 aliphatic carbocycles. The second-order valence-corrected chi connectivity index (χ2v) is 6.86. The smallest absolute Gasteiger partial charge is 0.348 e. The number of aromatic nitrogens is 2. The average Bonchev–Trinajstić information content (AvgIpc) is 3.01. The largest absolute Gasteiger partial charge is 0.507 e. The topological polar surface area (TPSA) is 92.6 Å². The van der Waals surface area contributed by atoms with Crippen molar-refractivity contribution in [3.63, 3.8) is 0 Å². The third-order valence-corrected chi connectivity index (χ3v) is 4.77. The van der Waals surface area contributed by atoms with E-state index in [2.05, 4.69) is 17.3 Å². The molecule has 28 heavy (non-hydrogen) atoms. The van der Waals surface area contributed by atoms with E-state index in [1.165, 1.54) is 6.07 Å². The van der Waals surface area contributed by atoms with Crippen LogP contribution in [0.15, 0.2) is 56.8 Å². The lowest BCUT2D eigenvalue weighted by Gasteiger charge is -2.20. The van der Waals surface area contributed by atoms with E-state index in [9.17, 15) is 9.90 Å². The first-order chi connectivity index (χ1) is 13.6. The molecule has 0 unspecified atom stereocenters. The monoisotopic (exact) mass is 378 g/mol. The Labute approximate surface area is 162 Å². The molecule has 3 heterocycles.